The van der Waals surface area contributed by atoms with Crippen molar-refractivity contribution >= 4 is 5.69 Å². The van der Waals surface area contributed by atoms with E-state index >= 15 is 0 Å². The number of furan rings is 1. The van der Waals surface area contributed by atoms with E-state index in [0.717, 1.165) is 12.8 Å². The smallest absolute Gasteiger partial charge is 0.280 e. The molecule has 1 aromatic heterocycles. The zero-order chi connectivity index (χ0) is 17.7. The van der Waals surface area contributed by atoms with Gasteiger partial charge in [0.15, 0.2) is 0 Å². The van der Waals surface area contributed by atoms with Gasteiger partial charge in [0.2, 0.25) is 0 Å². The van der Waals surface area contributed by atoms with Crippen LogP contribution in [-0.2, 0) is 11.3 Å². The van der Waals surface area contributed by atoms with Gasteiger partial charge in [0.1, 0.15) is 11.5 Å². The maximum atomic E-state index is 11.1. The van der Waals surface area contributed by atoms with Crippen LogP contribution in [0.2, 0.25) is 0 Å². The fourth-order valence-corrected chi connectivity index (χ4v) is 3.10. The lowest BCUT2D eigenvalue weighted by atomic mass is 9.81. The van der Waals surface area contributed by atoms with Gasteiger partial charge in [0, 0.05) is 31.2 Å². The fourth-order valence-electron chi connectivity index (χ4n) is 3.10. The van der Waals surface area contributed by atoms with Crippen LogP contribution in [0, 0.1) is 15.5 Å². The fraction of sp³-hybridized carbons (Fsp3) is 0.444. The minimum Gasteiger partial charge on any atom is -0.459 e. The predicted molar refractivity (Wildman–Crippen MR) is 92.1 cm³/mol. The van der Waals surface area contributed by atoms with Crippen molar-refractivity contribution in [2.24, 2.45) is 5.41 Å². The van der Waals surface area contributed by atoms with Crippen molar-refractivity contribution in [1.29, 1.82) is 0 Å². The second kappa shape index (κ2) is 7.77. The van der Waals surface area contributed by atoms with E-state index in [2.05, 4.69) is 5.32 Å². The molecule has 0 unspecified atom stereocenters. The number of nitro benzene ring substituents is 1. The van der Waals surface area contributed by atoms with Gasteiger partial charge in [-0.2, -0.15) is 0 Å². The number of nitrogens with zero attached hydrogens (tertiary/aromatic N) is 1. The summed E-state index contributed by atoms with van der Waals surface area (Å²) in [4.78, 5) is 10.7. The highest BCUT2D eigenvalue weighted by atomic mass is 16.6. The number of benzene rings is 1. The average Bonchev–Trinajstić information content (AvgIpc) is 3.11. The van der Waals surface area contributed by atoms with Crippen molar-refractivity contribution in [2.45, 2.75) is 19.4 Å². The van der Waals surface area contributed by atoms with Gasteiger partial charge < -0.3 is 19.6 Å². The average molecular weight is 346 g/mol. The predicted octanol–water partition coefficient (Wildman–Crippen LogP) is 2.73. The topological polar surface area (TPSA) is 97.8 Å². The Hall–Kier alpha value is -2.22. The Kier molecular flexibility index (Phi) is 5.47. The summed E-state index contributed by atoms with van der Waals surface area (Å²) >= 11 is 0. The van der Waals surface area contributed by atoms with E-state index in [9.17, 15) is 15.2 Å². The van der Waals surface area contributed by atoms with Crippen LogP contribution in [0.4, 0.5) is 5.69 Å². The van der Waals surface area contributed by atoms with Gasteiger partial charge in [-0.05, 0) is 31.0 Å². The molecule has 3 rings (SSSR count). The third kappa shape index (κ3) is 4.07. The molecule has 2 N–H and O–H groups in total. The lowest BCUT2D eigenvalue weighted by Gasteiger charge is -2.35. The molecule has 0 bridgehead atoms. The molecule has 0 aliphatic carbocycles. The molecule has 1 aliphatic rings. The lowest BCUT2D eigenvalue weighted by Crippen LogP contribution is -2.41. The Bertz CT molecular complexity index is 722. The SMILES string of the molecule is O=[N+]([O-])c1ccccc1-c1ccc(CNCC2(CO)CCOCC2)o1. The van der Waals surface area contributed by atoms with Crippen LogP contribution in [0.3, 0.4) is 0 Å². The Morgan fingerprint density at radius 3 is 2.68 bits per heavy atom. The minimum atomic E-state index is -0.411. The third-order valence-electron chi connectivity index (χ3n) is 4.72. The number of rotatable bonds is 7. The van der Waals surface area contributed by atoms with Crippen molar-refractivity contribution in [2.75, 3.05) is 26.4 Å². The molecular formula is C18H22N2O5. The van der Waals surface area contributed by atoms with Gasteiger partial charge in [-0.25, -0.2) is 0 Å². The van der Waals surface area contributed by atoms with Gasteiger partial charge in [-0.1, -0.05) is 12.1 Å². The summed E-state index contributed by atoms with van der Waals surface area (Å²) in [6.45, 7) is 2.65. The number of hydrogen-bond donors (Lipinski definition) is 2. The monoisotopic (exact) mass is 346 g/mol. The number of aliphatic hydroxyl groups excluding tert-OH is 1. The highest BCUT2D eigenvalue weighted by molar-refractivity contribution is 5.69. The number of ether oxygens (including phenoxy) is 1. The van der Waals surface area contributed by atoms with Crippen LogP contribution in [0.1, 0.15) is 18.6 Å². The Morgan fingerprint density at radius 1 is 1.20 bits per heavy atom. The molecule has 1 aromatic carbocycles. The van der Waals surface area contributed by atoms with Crippen LogP contribution in [0.5, 0.6) is 0 Å². The summed E-state index contributed by atoms with van der Waals surface area (Å²) in [6, 6.07) is 10.1. The van der Waals surface area contributed by atoms with Gasteiger partial charge in [0.05, 0.1) is 23.6 Å². The Morgan fingerprint density at radius 2 is 1.96 bits per heavy atom. The largest absolute Gasteiger partial charge is 0.459 e. The molecule has 2 heterocycles. The van der Waals surface area contributed by atoms with E-state index in [1.165, 1.54) is 6.07 Å². The van der Waals surface area contributed by atoms with Crippen LogP contribution < -0.4 is 5.32 Å². The zero-order valence-electron chi connectivity index (χ0n) is 13.9. The molecule has 25 heavy (non-hydrogen) atoms. The summed E-state index contributed by atoms with van der Waals surface area (Å²) in [7, 11) is 0. The molecule has 0 saturated carbocycles. The second-order valence-corrected chi connectivity index (χ2v) is 6.41. The maximum Gasteiger partial charge on any atom is 0.280 e. The number of nitro groups is 1. The van der Waals surface area contributed by atoms with Crippen LogP contribution >= 0.6 is 0 Å². The molecule has 1 aliphatic heterocycles. The summed E-state index contributed by atoms with van der Waals surface area (Å²) in [6.07, 6.45) is 1.66. The molecule has 0 atom stereocenters. The number of nitrogens with one attached hydrogen (secondary N) is 1. The van der Waals surface area contributed by atoms with E-state index in [4.69, 9.17) is 9.15 Å². The highest BCUT2D eigenvalue weighted by Crippen LogP contribution is 2.31. The molecule has 1 saturated heterocycles. The Labute approximate surface area is 145 Å². The summed E-state index contributed by atoms with van der Waals surface area (Å²) in [5.41, 5.74) is 0.346. The summed E-state index contributed by atoms with van der Waals surface area (Å²) in [5, 5.41) is 24.1. The summed E-state index contributed by atoms with van der Waals surface area (Å²) < 4.78 is 11.1. The molecule has 7 heteroatoms. The summed E-state index contributed by atoms with van der Waals surface area (Å²) in [5.74, 6) is 1.18. The molecule has 0 amide bonds. The molecular weight excluding hydrogens is 324 g/mol. The molecule has 2 aromatic rings. The quantitative estimate of drug-likeness (QED) is 0.591. The number of aliphatic hydroxyl groups is 1. The van der Waals surface area contributed by atoms with E-state index < -0.39 is 4.92 Å². The van der Waals surface area contributed by atoms with Crippen molar-refractivity contribution in [3.63, 3.8) is 0 Å². The molecule has 0 radical (unpaired) electrons. The van der Waals surface area contributed by atoms with Gasteiger partial charge in [0.25, 0.3) is 5.69 Å². The van der Waals surface area contributed by atoms with Crippen LogP contribution in [0.15, 0.2) is 40.8 Å². The first-order valence-electron chi connectivity index (χ1n) is 8.35. The first kappa shape index (κ1) is 17.6. The van der Waals surface area contributed by atoms with Crippen molar-refractivity contribution in [3.05, 3.63) is 52.3 Å². The molecule has 1 fully saturated rings. The molecule has 134 valence electrons. The van der Waals surface area contributed by atoms with Gasteiger partial charge in [-0.3, -0.25) is 10.1 Å². The van der Waals surface area contributed by atoms with Crippen LogP contribution in [0.25, 0.3) is 11.3 Å². The van der Waals surface area contributed by atoms with E-state index in [0.29, 0.717) is 43.4 Å². The van der Waals surface area contributed by atoms with E-state index in [-0.39, 0.29) is 17.7 Å². The molecule has 0 spiro atoms. The zero-order valence-corrected chi connectivity index (χ0v) is 13.9. The molecule has 7 nitrogen and oxygen atoms in total. The first-order chi connectivity index (χ1) is 12.1. The lowest BCUT2D eigenvalue weighted by molar-refractivity contribution is -0.384. The van der Waals surface area contributed by atoms with Crippen molar-refractivity contribution in [1.82, 2.24) is 5.32 Å². The van der Waals surface area contributed by atoms with Crippen molar-refractivity contribution in [3.8, 4) is 11.3 Å². The highest BCUT2D eigenvalue weighted by Gasteiger charge is 2.31. The van der Waals surface area contributed by atoms with Gasteiger partial charge >= 0.3 is 0 Å². The van der Waals surface area contributed by atoms with E-state index in [1.54, 1.807) is 24.3 Å². The second-order valence-electron chi connectivity index (χ2n) is 6.41. The third-order valence-corrected chi connectivity index (χ3v) is 4.72. The minimum absolute atomic E-state index is 0.0257. The normalized spacial score (nSPS) is 16.7. The Balaban J connectivity index is 1.64. The number of hydrogen-bond acceptors (Lipinski definition) is 6. The van der Waals surface area contributed by atoms with Crippen LogP contribution in [-0.4, -0.2) is 36.4 Å². The first-order valence-corrected chi connectivity index (χ1v) is 8.35. The van der Waals surface area contributed by atoms with E-state index in [1.807, 2.05) is 6.07 Å². The van der Waals surface area contributed by atoms with Crippen molar-refractivity contribution < 1.29 is 19.2 Å². The standard InChI is InChI=1S/C18H22N2O5/c21-13-18(7-9-24-10-8-18)12-19-11-14-5-6-17(25-14)15-3-1-2-4-16(15)20(22)23/h1-6,19,21H,7-13H2. The maximum absolute atomic E-state index is 11.1. The number of para-hydroxylation sites is 1. The van der Waals surface area contributed by atoms with Gasteiger partial charge in [-0.15, -0.1) is 0 Å².